The quantitative estimate of drug-likeness (QED) is 0.816. The third-order valence-corrected chi connectivity index (χ3v) is 3.67. The predicted octanol–water partition coefficient (Wildman–Crippen LogP) is 1.05. The standard InChI is InChI=1S/C14H16N4O4S/c1-11-7-16-13(8-15-11)9-17-23(20,21)18-14(19)22-10-12-5-3-2-4-6-12/h2-8,17H,9-10H2,1H3,(H,18,19). The van der Waals surface area contributed by atoms with Gasteiger partial charge in [-0.05, 0) is 12.5 Å². The maximum atomic E-state index is 11.7. The van der Waals surface area contributed by atoms with Crippen molar-refractivity contribution in [1.29, 1.82) is 0 Å². The molecule has 1 heterocycles. The summed E-state index contributed by atoms with van der Waals surface area (Å²) in [5.41, 5.74) is 1.90. The lowest BCUT2D eigenvalue weighted by Crippen LogP contribution is -2.40. The minimum absolute atomic E-state index is 0.0222. The van der Waals surface area contributed by atoms with Crippen molar-refractivity contribution in [2.75, 3.05) is 0 Å². The van der Waals surface area contributed by atoms with Crippen molar-refractivity contribution in [3.8, 4) is 0 Å². The molecule has 1 aromatic heterocycles. The van der Waals surface area contributed by atoms with E-state index in [2.05, 4.69) is 14.7 Å². The van der Waals surface area contributed by atoms with Crippen LogP contribution in [-0.4, -0.2) is 24.5 Å². The summed E-state index contributed by atoms with van der Waals surface area (Å²) < 4.78 is 32.2. The van der Waals surface area contributed by atoms with E-state index < -0.39 is 16.3 Å². The molecular weight excluding hydrogens is 320 g/mol. The van der Waals surface area contributed by atoms with Gasteiger partial charge in [-0.25, -0.2) is 9.52 Å². The minimum atomic E-state index is -4.04. The molecule has 122 valence electrons. The predicted molar refractivity (Wildman–Crippen MR) is 82.3 cm³/mol. The van der Waals surface area contributed by atoms with E-state index in [0.717, 1.165) is 11.3 Å². The summed E-state index contributed by atoms with van der Waals surface area (Å²) in [6.45, 7) is 1.66. The number of carbonyl (C=O) groups excluding carboxylic acids is 1. The number of nitrogens with one attached hydrogen (secondary N) is 2. The van der Waals surface area contributed by atoms with Crippen molar-refractivity contribution >= 4 is 16.3 Å². The van der Waals surface area contributed by atoms with Gasteiger partial charge in [0.2, 0.25) is 0 Å². The Kier molecular flexibility index (Phi) is 5.61. The Morgan fingerprint density at radius 2 is 1.91 bits per heavy atom. The molecule has 23 heavy (non-hydrogen) atoms. The molecule has 9 heteroatoms. The summed E-state index contributed by atoms with van der Waals surface area (Å²) >= 11 is 0. The first-order valence-electron chi connectivity index (χ1n) is 6.70. The number of aromatic nitrogens is 2. The number of hydrogen-bond donors (Lipinski definition) is 2. The lowest BCUT2D eigenvalue weighted by atomic mass is 10.2. The van der Waals surface area contributed by atoms with E-state index >= 15 is 0 Å². The first kappa shape index (κ1) is 16.8. The zero-order chi connectivity index (χ0) is 16.7. The molecule has 2 aromatic rings. The van der Waals surface area contributed by atoms with Gasteiger partial charge in [-0.1, -0.05) is 30.3 Å². The van der Waals surface area contributed by atoms with Gasteiger partial charge < -0.3 is 4.74 Å². The summed E-state index contributed by atoms with van der Waals surface area (Å²) in [7, 11) is -4.04. The topological polar surface area (TPSA) is 110 Å². The maximum Gasteiger partial charge on any atom is 0.422 e. The first-order chi connectivity index (χ1) is 10.9. The molecule has 8 nitrogen and oxygen atoms in total. The fourth-order valence-corrected chi connectivity index (χ4v) is 2.27. The Balaban J connectivity index is 1.80. The molecule has 1 aromatic carbocycles. The van der Waals surface area contributed by atoms with Gasteiger partial charge in [0.05, 0.1) is 24.1 Å². The van der Waals surface area contributed by atoms with Gasteiger partial charge in [0.25, 0.3) is 0 Å². The molecule has 0 radical (unpaired) electrons. The number of aryl methyl sites for hydroxylation is 1. The molecule has 0 bridgehead atoms. The molecule has 0 spiro atoms. The van der Waals surface area contributed by atoms with Crippen LogP contribution in [0.1, 0.15) is 17.0 Å². The zero-order valence-electron chi connectivity index (χ0n) is 12.4. The van der Waals surface area contributed by atoms with Crippen LogP contribution in [0.3, 0.4) is 0 Å². The number of benzene rings is 1. The second-order valence-electron chi connectivity index (χ2n) is 4.64. The van der Waals surface area contributed by atoms with Gasteiger partial charge in [0.15, 0.2) is 0 Å². The molecule has 0 aliphatic heterocycles. The molecule has 0 aliphatic carbocycles. The Morgan fingerprint density at radius 3 is 2.57 bits per heavy atom. The van der Waals surface area contributed by atoms with Gasteiger partial charge in [-0.2, -0.15) is 13.1 Å². The van der Waals surface area contributed by atoms with Crippen LogP contribution >= 0.6 is 0 Å². The minimum Gasteiger partial charge on any atom is -0.444 e. The molecular formula is C14H16N4O4S. The van der Waals surface area contributed by atoms with Crippen molar-refractivity contribution in [2.24, 2.45) is 0 Å². The lowest BCUT2D eigenvalue weighted by molar-refractivity contribution is 0.146. The summed E-state index contributed by atoms with van der Waals surface area (Å²) in [6.07, 6.45) is 1.91. The summed E-state index contributed by atoms with van der Waals surface area (Å²) in [4.78, 5) is 19.5. The third kappa shape index (κ3) is 6.01. The Morgan fingerprint density at radius 1 is 1.17 bits per heavy atom. The highest BCUT2D eigenvalue weighted by molar-refractivity contribution is 7.88. The van der Waals surface area contributed by atoms with Crippen LogP contribution in [0, 0.1) is 6.92 Å². The first-order valence-corrected chi connectivity index (χ1v) is 8.18. The SMILES string of the molecule is Cc1cnc(CNS(=O)(=O)NC(=O)OCc2ccccc2)cn1. The number of carbonyl (C=O) groups is 1. The smallest absolute Gasteiger partial charge is 0.422 e. The normalized spacial score (nSPS) is 11.0. The fourth-order valence-electron chi connectivity index (χ4n) is 1.58. The molecule has 1 amide bonds. The largest absolute Gasteiger partial charge is 0.444 e. The number of nitrogens with zero attached hydrogens (tertiary/aromatic N) is 2. The highest BCUT2D eigenvalue weighted by Crippen LogP contribution is 2.01. The van der Waals surface area contributed by atoms with Gasteiger partial charge in [-0.3, -0.25) is 9.97 Å². The second kappa shape index (κ2) is 7.65. The van der Waals surface area contributed by atoms with Crippen molar-refractivity contribution in [1.82, 2.24) is 19.4 Å². The third-order valence-electron chi connectivity index (χ3n) is 2.71. The van der Waals surface area contributed by atoms with Crippen LogP contribution in [-0.2, 0) is 28.1 Å². The lowest BCUT2D eigenvalue weighted by Gasteiger charge is -2.09. The van der Waals surface area contributed by atoms with Gasteiger partial charge in [0.1, 0.15) is 6.61 Å². The van der Waals surface area contributed by atoms with E-state index in [-0.39, 0.29) is 13.2 Å². The van der Waals surface area contributed by atoms with Crippen LogP contribution in [0.5, 0.6) is 0 Å². The average Bonchev–Trinajstić information content (AvgIpc) is 2.53. The number of ether oxygens (including phenoxy) is 1. The summed E-state index contributed by atoms with van der Waals surface area (Å²) in [6, 6.07) is 8.92. The van der Waals surface area contributed by atoms with E-state index in [1.165, 1.54) is 12.4 Å². The van der Waals surface area contributed by atoms with E-state index in [9.17, 15) is 13.2 Å². The van der Waals surface area contributed by atoms with E-state index in [0.29, 0.717) is 5.69 Å². The Hall–Kier alpha value is -2.52. The fraction of sp³-hybridized carbons (Fsp3) is 0.214. The van der Waals surface area contributed by atoms with Gasteiger partial charge in [-0.15, -0.1) is 0 Å². The van der Waals surface area contributed by atoms with Crippen LogP contribution in [0.4, 0.5) is 4.79 Å². The van der Waals surface area contributed by atoms with Crippen LogP contribution in [0.2, 0.25) is 0 Å². The van der Waals surface area contributed by atoms with Crippen molar-refractivity contribution in [2.45, 2.75) is 20.1 Å². The van der Waals surface area contributed by atoms with Crippen LogP contribution < -0.4 is 9.44 Å². The molecule has 0 unspecified atom stereocenters. The highest BCUT2D eigenvalue weighted by Gasteiger charge is 2.15. The Bertz CT molecular complexity index is 748. The van der Waals surface area contributed by atoms with Crippen molar-refractivity contribution < 1.29 is 17.9 Å². The Labute approximate surface area is 134 Å². The van der Waals surface area contributed by atoms with E-state index in [1.807, 2.05) is 6.07 Å². The van der Waals surface area contributed by atoms with Crippen molar-refractivity contribution in [3.63, 3.8) is 0 Å². The van der Waals surface area contributed by atoms with E-state index in [4.69, 9.17) is 4.74 Å². The number of rotatable bonds is 6. The molecule has 0 fully saturated rings. The molecule has 0 aliphatic rings. The van der Waals surface area contributed by atoms with Gasteiger partial charge in [0, 0.05) is 6.20 Å². The second-order valence-corrected chi connectivity index (χ2v) is 6.14. The average molecular weight is 336 g/mol. The summed E-state index contributed by atoms with van der Waals surface area (Å²) in [5, 5.41) is 0. The highest BCUT2D eigenvalue weighted by atomic mass is 32.2. The molecule has 0 saturated heterocycles. The number of amides is 1. The number of hydrogen-bond acceptors (Lipinski definition) is 6. The molecule has 0 atom stereocenters. The zero-order valence-corrected chi connectivity index (χ0v) is 13.2. The molecule has 2 N–H and O–H groups in total. The van der Waals surface area contributed by atoms with Gasteiger partial charge >= 0.3 is 16.3 Å². The molecule has 0 saturated carbocycles. The van der Waals surface area contributed by atoms with Crippen LogP contribution in [0.15, 0.2) is 42.7 Å². The van der Waals surface area contributed by atoms with E-state index in [1.54, 1.807) is 35.9 Å². The molecule has 2 rings (SSSR count). The monoisotopic (exact) mass is 336 g/mol. The summed E-state index contributed by atoms with van der Waals surface area (Å²) in [5.74, 6) is 0. The van der Waals surface area contributed by atoms with Crippen molar-refractivity contribution in [3.05, 3.63) is 59.7 Å². The maximum absolute atomic E-state index is 11.7. The van der Waals surface area contributed by atoms with Crippen LogP contribution in [0.25, 0.3) is 0 Å².